The Morgan fingerprint density at radius 2 is 1.34 bits per heavy atom. The van der Waals surface area contributed by atoms with E-state index in [1.165, 1.54) is 44.1 Å². The van der Waals surface area contributed by atoms with Gasteiger partial charge in [0.15, 0.2) is 0 Å². The molecule has 0 atom stereocenters. The van der Waals surface area contributed by atoms with Crippen molar-refractivity contribution in [3.8, 4) is 22.6 Å². The first-order chi connectivity index (χ1) is 17.2. The molecule has 3 rings (SSSR count). The Balaban J connectivity index is 1.43. The molecule has 3 aromatic rings. The zero-order valence-corrected chi connectivity index (χ0v) is 21.0. The standard InChI is InChI=1S/C32H38O3/c1-3-5-7-8-9-10-11-25-34-30-21-23-31(24-22-30)35-32(33)29-19-17-28(18-20-29)27-15-13-26(14-16-27)12-6-4-2/h3,13-24H,1,4-12,25H2,2H3. The molecular weight excluding hydrogens is 432 g/mol. The highest BCUT2D eigenvalue weighted by Crippen LogP contribution is 2.23. The zero-order valence-electron chi connectivity index (χ0n) is 21.0. The van der Waals surface area contributed by atoms with Gasteiger partial charge in [-0.2, -0.15) is 0 Å². The molecule has 0 saturated carbocycles. The Labute approximate surface area is 210 Å². The SMILES string of the molecule is C=CCCCCCCCOc1ccc(OC(=O)c2ccc(-c3ccc(CCCC)cc3)cc2)cc1. The highest BCUT2D eigenvalue weighted by atomic mass is 16.5. The average Bonchev–Trinajstić information content (AvgIpc) is 2.90. The summed E-state index contributed by atoms with van der Waals surface area (Å²) >= 11 is 0. The normalized spacial score (nSPS) is 10.7. The first-order valence-electron chi connectivity index (χ1n) is 12.9. The quantitative estimate of drug-likeness (QED) is 0.0963. The minimum atomic E-state index is -0.364. The molecule has 3 nitrogen and oxygen atoms in total. The maximum Gasteiger partial charge on any atom is 0.343 e. The largest absolute Gasteiger partial charge is 0.494 e. The summed E-state index contributed by atoms with van der Waals surface area (Å²) in [5, 5.41) is 0. The van der Waals surface area contributed by atoms with Gasteiger partial charge in [0, 0.05) is 0 Å². The number of aryl methyl sites for hydroxylation is 1. The van der Waals surface area contributed by atoms with Crippen molar-refractivity contribution >= 4 is 5.97 Å². The number of allylic oxidation sites excluding steroid dienone is 1. The van der Waals surface area contributed by atoms with Gasteiger partial charge in [0.25, 0.3) is 0 Å². The smallest absolute Gasteiger partial charge is 0.343 e. The number of hydrogen-bond acceptors (Lipinski definition) is 3. The number of carbonyl (C=O) groups is 1. The molecule has 0 aliphatic heterocycles. The van der Waals surface area contributed by atoms with E-state index in [1.807, 2.05) is 42.5 Å². The Bertz CT molecular complexity index is 1020. The average molecular weight is 471 g/mol. The number of esters is 1. The lowest BCUT2D eigenvalue weighted by molar-refractivity contribution is 0.0734. The van der Waals surface area contributed by atoms with Crippen LogP contribution in [0.5, 0.6) is 11.5 Å². The van der Waals surface area contributed by atoms with Gasteiger partial charge in [0.1, 0.15) is 11.5 Å². The summed E-state index contributed by atoms with van der Waals surface area (Å²) in [5.41, 5.74) is 4.12. The van der Waals surface area contributed by atoms with Crippen LogP contribution in [0.1, 0.15) is 74.2 Å². The molecule has 0 N–H and O–H groups in total. The van der Waals surface area contributed by atoms with Gasteiger partial charge in [0.05, 0.1) is 12.2 Å². The van der Waals surface area contributed by atoms with Gasteiger partial charge >= 0.3 is 5.97 Å². The molecule has 3 heteroatoms. The van der Waals surface area contributed by atoms with Crippen LogP contribution in [0.2, 0.25) is 0 Å². The molecule has 0 aliphatic carbocycles. The number of benzene rings is 3. The number of rotatable bonds is 15. The molecule has 0 aromatic heterocycles. The van der Waals surface area contributed by atoms with Crippen molar-refractivity contribution in [2.24, 2.45) is 0 Å². The van der Waals surface area contributed by atoms with Gasteiger partial charge in [-0.3, -0.25) is 0 Å². The summed E-state index contributed by atoms with van der Waals surface area (Å²) in [6, 6.07) is 23.5. The van der Waals surface area contributed by atoms with Crippen LogP contribution in [0.3, 0.4) is 0 Å². The van der Waals surface area contributed by atoms with Crippen molar-refractivity contribution in [1.29, 1.82) is 0 Å². The van der Waals surface area contributed by atoms with E-state index in [0.29, 0.717) is 17.9 Å². The van der Waals surface area contributed by atoms with Crippen LogP contribution < -0.4 is 9.47 Å². The van der Waals surface area contributed by atoms with E-state index in [-0.39, 0.29) is 5.97 Å². The summed E-state index contributed by atoms with van der Waals surface area (Å²) in [6.45, 7) is 6.67. The fourth-order valence-electron chi connectivity index (χ4n) is 3.92. The third kappa shape index (κ3) is 9.09. The Morgan fingerprint density at radius 3 is 2.00 bits per heavy atom. The first-order valence-corrected chi connectivity index (χ1v) is 12.9. The molecule has 0 saturated heterocycles. The Hall–Kier alpha value is -3.33. The van der Waals surface area contributed by atoms with Gasteiger partial charge in [-0.15, -0.1) is 6.58 Å². The Morgan fingerprint density at radius 1 is 0.743 bits per heavy atom. The first kappa shape index (κ1) is 26.3. The third-order valence-electron chi connectivity index (χ3n) is 6.08. The Kier molecular flexibility index (Phi) is 11.1. The minimum Gasteiger partial charge on any atom is -0.494 e. The number of unbranched alkanes of at least 4 members (excludes halogenated alkanes) is 6. The molecule has 0 aliphatic rings. The van der Waals surface area contributed by atoms with E-state index in [1.54, 1.807) is 12.1 Å². The lowest BCUT2D eigenvalue weighted by Gasteiger charge is -2.09. The molecular formula is C32H38O3. The van der Waals surface area contributed by atoms with E-state index >= 15 is 0 Å². The zero-order chi connectivity index (χ0) is 24.7. The van der Waals surface area contributed by atoms with Crippen molar-refractivity contribution in [2.75, 3.05) is 6.61 Å². The lowest BCUT2D eigenvalue weighted by atomic mass is 10.0. The predicted octanol–water partition coefficient (Wildman–Crippen LogP) is 8.82. The van der Waals surface area contributed by atoms with E-state index < -0.39 is 0 Å². The molecule has 0 radical (unpaired) electrons. The van der Waals surface area contributed by atoms with Crippen LogP contribution in [0.15, 0.2) is 85.5 Å². The van der Waals surface area contributed by atoms with Gasteiger partial charge < -0.3 is 9.47 Å². The topological polar surface area (TPSA) is 35.5 Å². The summed E-state index contributed by atoms with van der Waals surface area (Å²) in [6.07, 6.45) is 12.5. The summed E-state index contributed by atoms with van der Waals surface area (Å²) < 4.78 is 11.3. The summed E-state index contributed by atoms with van der Waals surface area (Å²) in [7, 11) is 0. The van der Waals surface area contributed by atoms with Crippen LogP contribution in [-0.2, 0) is 6.42 Å². The van der Waals surface area contributed by atoms with Gasteiger partial charge in [-0.25, -0.2) is 4.79 Å². The van der Waals surface area contributed by atoms with Gasteiger partial charge in [0.2, 0.25) is 0 Å². The second-order valence-electron chi connectivity index (χ2n) is 8.93. The van der Waals surface area contributed by atoms with Crippen molar-refractivity contribution in [2.45, 2.75) is 64.7 Å². The van der Waals surface area contributed by atoms with Gasteiger partial charge in [-0.1, -0.05) is 75.1 Å². The van der Waals surface area contributed by atoms with Crippen LogP contribution >= 0.6 is 0 Å². The lowest BCUT2D eigenvalue weighted by Crippen LogP contribution is -2.08. The predicted molar refractivity (Wildman–Crippen MR) is 145 cm³/mol. The van der Waals surface area contributed by atoms with E-state index in [9.17, 15) is 4.79 Å². The molecule has 0 fully saturated rings. The number of hydrogen-bond donors (Lipinski definition) is 0. The second kappa shape index (κ2) is 14.8. The van der Waals surface area contributed by atoms with Crippen LogP contribution in [-0.4, -0.2) is 12.6 Å². The second-order valence-corrected chi connectivity index (χ2v) is 8.93. The highest BCUT2D eigenvalue weighted by molar-refractivity contribution is 5.91. The van der Waals surface area contributed by atoms with Crippen molar-refractivity contribution in [3.63, 3.8) is 0 Å². The molecule has 184 valence electrons. The molecule has 0 spiro atoms. The molecule has 0 heterocycles. The summed E-state index contributed by atoms with van der Waals surface area (Å²) in [5.74, 6) is 0.939. The molecule has 35 heavy (non-hydrogen) atoms. The van der Waals surface area contributed by atoms with Crippen LogP contribution in [0, 0.1) is 0 Å². The van der Waals surface area contributed by atoms with Crippen molar-refractivity contribution in [1.82, 2.24) is 0 Å². The fraction of sp³-hybridized carbons (Fsp3) is 0.344. The molecule has 3 aromatic carbocycles. The monoisotopic (exact) mass is 470 g/mol. The fourth-order valence-corrected chi connectivity index (χ4v) is 3.92. The minimum absolute atomic E-state index is 0.364. The molecule has 0 amide bonds. The maximum absolute atomic E-state index is 12.6. The van der Waals surface area contributed by atoms with Gasteiger partial charge in [-0.05, 0) is 85.2 Å². The molecule has 0 unspecified atom stereocenters. The molecule has 0 bridgehead atoms. The van der Waals surface area contributed by atoms with E-state index in [2.05, 4.69) is 37.8 Å². The third-order valence-corrected chi connectivity index (χ3v) is 6.08. The number of ether oxygens (including phenoxy) is 2. The highest BCUT2D eigenvalue weighted by Gasteiger charge is 2.09. The van der Waals surface area contributed by atoms with Crippen LogP contribution in [0.4, 0.5) is 0 Å². The van der Waals surface area contributed by atoms with Crippen molar-refractivity contribution < 1.29 is 14.3 Å². The maximum atomic E-state index is 12.6. The van der Waals surface area contributed by atoms with E-state index in [0.717, 1.165) is 36.1 Å². The van der Waals surface area contributed by atoms with E-state index in [4.69, 9.17) is 9.47 Å². The van der Waals surface area contributed by atoms with Crippen molar-refractivity contribution in [3.05, 3.63) is 96.6 Å². The van der Waals surface area contributed by atoms with Crippen LogP contribution in [0.25, 0.3) is 11.1 Å². The summed E-state index contributed by atoms with van der Waals surface area (Å²) in [4.78, 5) is 12.6. The number of carbonyl (C=O) groups excluding carboxylic acids is 1.